The van der Waals surface area contributed by atoms with Crippen LogP contribution in [0.5, 0.6) is 0 Å². The Hall–Kier alpha value is -0.850. The fourth-order valence-electron chi connectivity index (χ4n) is 1.40. The van der Waals surface area contributed by atoms with Crippen molar-refractivity contribution in [1.82, 2.24) is 5.32 Å². The molecule has 0 amide bonds. The molecule has 0 radical (unpaired) electrons. The van der Waals surface area contributed by atoms with E-state index >= 15 is 0 Å². The number of hydrogen-bond acceptors (Lipinski definition) is 3. The molecule has 0 spiro atoms. The molecule has 15 heavy (non-hydrogen) atoms. The van der Waals surface area contributed by atoms with E-state index in [4.69, 9.17) is 5.26 Å². The van der Waals surface area contributed by atoms with Crippen molar-refractivity contribution in [3.8, 4) is 6.07 Å². The van der Waals surface area contributed by atoms with Gasteiger partial charge in [0.1, 0.15) is 0 Å². The predicted octanol–water partition coefficient (Wildman–Crippen LogP) is 2.77. The van der Waals surface area contributed by atoms with Gasteiger partial charge in [-0.25, -0.2) is 0 Å². The Morgan fingerprint density at radius 2 is 2.33 bits per heavy atom. The van der Waals surface area contributed by atoms with Crippen molar-refractivity contribution in [2.45, 2.75) is 26.2 Å². The summed E-state index contributed by atoms with van der Waals surface area (Å²) in [5.74, 6) is 0.0872. The molecule has 1 N–H and O–H groups in total. The average molecular weight is 222 g/mol. The maximum Gasteiger partial charge on any atom is 0.0666 e. The molecule has 0 saturated carbocycles. The summed E-state index contributed by atoms with van der Waals surface area (Å²) >= 11 is 1.79. The van der Waals surface area contributed by atoms with E-state index in [1.807, 2.05) is 6.92 Å². The van der Waals surface area contributed by atoms with E-state index in [2.05, 4.69) is 42.7 Å². The Morgan fingerprint density at radius 3 is 2.87 bits per heavy atom. The lowest BCUT2D eigenvalue weighted by atomic mass is 9.91. The first kappa shape index (κ1) is 12.2. The van der Waals surface area contributed by atoms with Crippen molar-refractivity contribution in [1.29, 1.82) is 5.26 Å². The zero-order chi connectivity index (χ0) is 11.3. The van der Waals surface area contributed by atoms with Crippen LogP contribution in [0.3, 0.4) is 0 Å². The Kier molecular flexibility index (Phi) is 4.31. The highest BCUT2D eigenvalue weighted by molar-refractivity contribution is 7.10. The molecular formula is C12H18N2S. The second-order valence-electron chi connectivity index (χ2n) is 4.52. The minimum Gasteiger partial charge on any atom is -0.315 e. The maximum absolute atomic E-state index is 8.66. The van der Waals surface area contributed by atoms with E-state index in [9.17, 15) is 0 Å². The quantitative estimate of drug-likeness (QED) is 0.831. The molecule has 0 aliphatic rings. The molecule has 0 saturated heterocycles. The zero-order valence-electron chi connectivity index (χ0n) is 9.58. The van der Waals surface area contributed by atoms with Crippen molar-refractivity contribution in [3.63, 3.8) is 0 Å². The van der Waals surface area contributed by atoms with Crippen LogP contribution >= 0.6 is 11.3 Å². The van der Waals surface area contributed by atoms with Crippen molar-refractivity contribution in [2.75, 3.05) is 13.1 Å². The lowest BCUT2D eigenvalue weighted by Gasteiger charge is -2.24. The van der Waals surface area contributed by atoms with Gasteiger partial charge in [0, 0.05) is 23.4 Å². The van der Waals surface area contributed by atoms with Crippen LogP contribution in [0.2, 0.25) is 0 Å². The van der Waals surface area contributed by atoms with Gasteiger partial charge in [-0.3, -0.25) is 0 Å². The van der Waals surface area contributed by atoms with Crippen molar-refractivity contribution >= 4 is 11.3 Å². The Bertz CT molecular complexity index is 322. The topological polar surface area (TPSA) is 35.8 Å². The minimum absolute atomic E-state index is 0.0872. The second-order valence-corrected chi connectivity index (χ2v) is 5.47. The van der Waals surface area contributed by atoms with Crippen molar-refractivity contribution in [3.05, 3.63) is 22.4 Å². The van der Waals surface area contributed by atoms with Crippen molar-refractivity contribution < 1.29 is 0 Å². The number of rotatable bonds is 5. The number of hydrogen-bond donors (Lipinski definition) is 1. The summed E-state index contributed by atoms with van der Waals surface area (Å²) < 4.78 is 0. The van der Waals surface area contributed by atoms with Crippen LogP contribution in [-0.4, -0.2) is 13.1 Å². The SMILES string of the molecule is CC(C#N)CNCC(C)(C)c1cccs1. The molecule has 1 aromatic rings. The maximum atomic E-state index is 8.66. The Morgan fingerprint density at radius 1 is 1.60 bits per heavy atom. The first-order valence-electron chi connectivity index (χ1n) is 5.20. The van der Waals surface area contributed by atoms with E-state index in [1.54, 1.807) is 11.3 Å². The molecule has 0 aliphatic carbocycles. The Balaban J connectivity index is 2.41. The van der Waals surface area contributed by atoms with Gasteiger partial charge in [-0.2, -0.15) is 5.26 Å². The molecule has 0 aliphatic heterocycles. The summed E-state index contributed by atoms with van der Waals surface area (Å²) in [5.41, 5.74) is 0.156. The van der Waals surface area contributed by atoms with Crippen LogP contribution in [0.4, 0.5) is 0 Å². The summed E-state index contributed by atoms with van der Waals surface area (Å²) in [6.45, 7) is 8.07. The zero-order valence-corrected chi connectivity index (χ0v) is 10.4. The standard InChI is InChI=1S/C12H18N2S/c1-10(7-13)8-14-9-12(2,3)11-5-4-6-15-11/h4-6,10,14H,8-9H2,1-3H3. The highest BCUT2D eigenvalue weighted by Gasteiger charge is 2.21. The summed E-state index contributed by atoms with van der Waals surface area (Å²) in [4.78, 5) is 1.39. The number of thiophene rings is 1. The van der Waals surface area contributed by atoms with Crippen molar-refractivity contribution in [2.24, 2.45) is 5.92 Å². The van der Waals surface area contributed by atoms with Gasteiger partial charge >= 0.3 is 0 Å². The van der Waals surface area contributed by atoms with Crippen LogP contribution in [0.1, 0.15) is 25.6 Å². The van der Waals surface area contributed by atoms with Gasteiger partial charge in [0.05, 0.1) is 12.0 Å². The van der Waals surface area contributed by atoms with Crippen LogP contribution < -0.4 is 5.32 Å². The normalized spacial score (nSPS) is 13.5. The first-order chi connectivity index (χ1) is 7.06. The largest absolute Gasteiger partial charge is 0.315 e. The van der Waals surface area contributed by atoms with Gasteiger partial charge in [0.15, 0.2) is 0 Å². The lowest BCUT2D eigenvalue weighted by molar-refractivity contribution is 0.462. The number of nitrogens with one attached hydrogen (secondary N) is 1. The molecule has 1 unspecified atom stereocenters. The molecule has 3 heteroatoms. The summed E-state index contributed by atoms with van der Waals surface area (Å²) in [6.07, 6.45) is 0. The predicted molar refractivity (Wildman–Crippen MR) is 65.0 cm³/mol. The van der Waals surface area contributed by atoms with E-state index < -0.39 is 0 Å². The van der Waals surface area contributed by atoms with Gasteiger partial charge in [-0.1, -0.05) is 19.9 Å². The van der Waals surface area contributed by atoms with Gasteiger partial charge in [0.25, 0.3) is 0 Å². The third-order valence-corrected chi connectivity index (χ3v) is 3.66. The molecule has 0 bridgehead atoms. The summed E-state index contributed by atoms with van der Waals surface area (Å²) in [6, 6.07) is 6.48. The number of nitriles is 1. The van der Waals surface area contributed by atoms with E-state index in [0.29, 0.717) is 0 Å². The highest BCUT2D eigenvalue weighted by atomic mass is 32.1. The summed E-state index contributed by atoms with van der Waals surface area (Å²) in [7, 11) is 0. The monoisotopic (exact) mass is 222 g/mol. The fourth-order valence-corrected chi connectivity index (χ4v) is 2.25. The van der Waals surface area contributed by atoms with Gasteiger partial charge in [-0.15, -0.1) is 11.3 Å². The second kappa shape index (κ2) is 5.29. The highest BCUT2D eigenvalue weighted by Crippen LogP contribution is 2.26. The molecule has 1 aromatic heterocycles. The summed E-state index contributed by atoms with van der Waals surface area (Å²) in [5, 5.41) is 14.1. The van der Waals surface area contributed by atoms with Crippen LogP contribution in [0.15, 0.2) is 17.5 Å². The van der Waals surface area contributed by atoms with Crippen LogP contribution in [-0.2, 0) is 5.41 Å². The molecular weight excluding hydrogens is 204 g/mol. The molecule has 2 nitrogen and oxygen atoms in total. The molecule has 1 atom stereocenters. The fraction of sp³-hybridized carbons (Fsp3) is 0.583. The van der Waals surface area contributed by atoms with Crippen LogP contribution in [0.25, 0.3) is 0 Å². The van der Waals surface area contributed by atoms with E-state index in [0.717, 1.165) is 13.1 Å². The van der Waals surface area contributed by atoms with Gasteiger partial charge < -0.3 is 5.32 Å². The first-order valence-corrected chi connectivity index (χ1v) is 6.08. The molecule has 1 rings (SSSR count). The lowest BCUT2D eigenvalue weighted by Crippen LogP contribution is -2.34. The average Bonchev–Trinajstić information content (AvgIpc) is 2.70. The smallest absolute Gasteiger partial charge is 0.0666 e. The van der Waals surface area contributed by atoms with Crippen LogP contribution in [0, 0.1) is 17.2 Å². The Labute approximate surface area is 95.9 Å². The minimum atomic E-state index is 0.0872. The van der Waals surface area contributed by atoms with E-state index in [1.165, 1.54) is 4.88 Å². The van der Waals surface area contributed by atoms with Gasteiger partial charge in [0.2, 0.25) is 0 Å². The molecule has 0 aromatic carbocycles. The molecule has 0 fully saturated rings. The third-order valence-electron chi connectivity index (χ3n) is 2.43. The molecule has 82 valence electrons. The molecule has 1 heterocycles. The van der Waals surface area contributed by atoms with E-state index in [-0.39, 0.29) is 11.3 Å². The number of nitrogens with zero attached hydrogens (tertiary/aromatic N) is 1. The third kappa shape index (κ3) is 3.65. The van der Waals surface area contributed by atoms with Gasteiger partial charge in [-0.05, 0) is 18.4 Å².